The van der Waals surface area contributed by atoms with Gasteiger partial charge >= 0.3 is 5.97 Å². The molecule has 0 rings (SSSR count). The molecule has 0 aromatic carbocycles. The predicted octanol–water partition coefficient (Wildman–Crippen LogP) is 14.9. The van der Waals surface area contributed by atoms with E-state index in [9.17, 15) is 4.79 Å². The first-order chi connectivity index (χ1) is 21.2. The van der Waals surface area contributed by atoms with Crippen LogP contribution in [-0.2, 0) is 9.53 Å². The van der Waals surface area contributed by atoms with Crippen molar-refractivity contribution in [3.8, 4) is 0 Å². The maximum atomic E-state index is 11.9. The number of unbranched alkanes of at least 4 members (excludes halogenated alkanes) is 31. The van der Waals surface area contributed by atoms with Crippen LogP contribution < -0.4 is 0 Å². The Kier molecular flexibility index (Phi) is 37.2. The highest BCUT2D eigenvalue weighted by Gasteiger charge is 2.03. The Bertz CT molecular complexity index is 514. The zero-order chi connectivity index (χ0) is 31.3. The molecule has 0 aromatic rings. The average Bonchev–Trinajstić information content (AvgIpc) is 2.99. The van der Waals surface area contributed by atoms with Gasteiger partial charge in [0.2, 0.25) is 0 Å². The molecule has 43 heavy (non-hydrogen) atoms. The van der Waals surface area contributed by atoms with Crippen molar-refractivity contribution in [2.75, 3.05) is 6.61 Å². The molecule has 2 nitrogen and oxygen atoms in total. The molecule has 0 spiro atoms. The van der Waals surface area contributed by atoms with Gasteiger partial charge < -0.3 is 4.74 Å². The number of hydrogen-bond donors (Lipinski definition) is 0. The van der Waals surface area contributed by atoms with Gasteiger partial charge in [0.1, 0.15) is 0 Å². The van der Waals surface area contributed by atoms with Crippen LogP contribution in [0.25, 0.3) is 0 Å². The van der Waals surface area contributed by atoms with E-state index < -0.39 is 0 Å². The summed E-state index contributed by atoms with van der Waals surface area (Å²) >= 11 is 0. The molecule has 0 fully saturated rings. The molecule has 0 atom stereocenters. The molecule has 0 saturated carbocycles. The standard InChI is InChI=1S/C41H82O2/c1-4-5-6-7-8-25-29-32-35-38-41(42)43-39-36-33-30-27-24-22-20-18-16-14-12-10-9-11-13-15-17-19-21-23-26-28-31-34-37-40(2)3/h40H,4-39H2,1-3H3. The monoisotopic (exact) mass is 607 g/mol. The highest BCUT2D eigenvalue weighted by molar-refractivity contribution is 5.69. The maximum absolute atomic E-state index is 11.9. The van der Waals surface area contributed by atoms with Crippen molar-refractivity contribution in [2.24, 2.45) is 5.92 Å². The Balaban J connectivity index is 3.11. The molecule has 0 aliphatic carbocycles. The first-order valence-electron chi connectivity index (χ1n) is 20.3. The second-order valence-corrected chi connectivity index (χ2v) is 14.5. The zero-order valence-electron chi connectivity index (χ0n) is 30.3. The van der Waals surface area contributed by atoms with E-state index in [0.717, 1.165) is 18.8 Å². The van der Waals surface area contributed by atoms with Crippen LogP contribution in [0, 0.1) is 5.92 Å². The van der Waals surface area contributed by atoms with Crippen molar-refractivity contribution in [2.45, 2.75) is 245 Å². The van der Waals surface area contributed by atoms with Crippen molar-refractivity contribution >= 4 is 5.97 Å². The van der Waals surface area contributed by atoms with E-state index in [-0.39, 0.29) is 5.97 Å². The van der Waals surface area contributed by atoms with E-state index >= 15 is 0 Å². The van der Waals surface area contributed by atoms with Crippen LogP contribution in [0.3, 0.4) is 0 Å². The molecule has 258 valence electrons. The summed E-state index contributed by atoms with van der Waals surface area (Å²) < 4.78 is 5.43. The summed E-state index contributed by atoms with van der Waals surface area (Å²) in [6, 6.07) is 0. The van der Waals surface area contributed by atoms with Gasteiger partial charge in [0.25, 0.3) is 0 Å². The molecule has 0 saturated heterocycles. The Hall–Kier alpha value is -0.530. The van der Waals surface area contributed by atoms with Crippen LogP contribution in [0.2, 0.25) is 0 Å². The van der Waals surface area contributed by atoms with Gasteiger partial charge in [0, 0.05) is 6.42 Å². The number of carbonyl (C=O) groups is 1. The lowest BCUT2D eigenvalue weighted by molar-refractivity contribution is -0.143. The fourth-order valence-electron chi connectivity index (χ4n) is 6.38. The van der Waals surface area contributed by atoms with Crippen LogP contribution in [0.15, 0.2) is 0 Å². The summed E-state index contributed by atoms with van der Waals surface area (Å²) in [5.74, 6) is 0.913. The Morgan fingerprint density at radius 1 is 0.395 bits per heavy atom. The number of hydrogen-bond acceptors (Lipinski definition) is 2. The summed E-state index contributed by atoms with van der Waals surface area (Å²) in [4.78, 5) is 11.9. The highest BCUT2D eigenvalue weighted by atomic mass is 16.5. The highest BCUT2D eigenvalue weighted by Crippen LogP contribution is 2.17. The topological polar surface area (TPSA) is 26.3 Å². The molecule has 2 heteroatoms. The lowest BCUT2D eigenvalue weighted by Gasteiger charge is -2.06. The van der Waals surface area contributed by atoms with Crippen molar-refractivity contribution in [1.29, 1.82) is 0 Å². The molecule has 0 aliphatic rings. The Labute approximate surface area is 273 Å². The molecular weight excluding hydrogens is 524 g/mol. The van der Waals surface area contributed by atoms with E-state index in [1.54, 1.807) is 0 Å². The molecule has 0 bridgehead atoms. The molecule has 0 aliphatic heterocycles. The van der Waals surface area contributed by atoms with Crippen molar-refractivity contribution in [3.05, 3.63) is 0 Å². The van der Waals surface area contributed by atoms with Gasteiger partial charge in [-0.2, -0.15) is 0 Å². The third kappa shape index (κ3) is 39.4. The minimum Gasteiger partial charge on any atom is -0.466 e. The van der Waals surface area contributed by atoms with Crippen LogP contribution >= 0.6 is 0 Å². The minimum atomic E-state index is 0.0253. The van der Waals surface area contributed by atoms with Gasteiger partial charge in [-0.15, -0.1) is 0 Å². The van der Waals surface area contributed by atoms with Crippen LogP contribution in [0.4, 0.5) is 0 Å². The van der Waals surface area contributed by atoms with Crippen molar-refractivity contribution in [1.82, 2.24) is 0 Å². The van der Waals surface area contributed by atoms with Gasteiger partial charge in [0.05, 0.1) is 6.61 Å². The largest absolute Gasteiger partial charge is 0.466 e. The van der Waals surface area contributed by atoms with E-state index in [4.69, 9.17) is 4.74 Å². The number of ether oxygens (including phenoxy) is 1. The van der Waals surface area contributed by atoms with Gasteiger partial charge in [-0.25, -0.2) is 0 Å². The summed E-state index contributed by atoms with van der Waals surface area (Å²) in [5, 5.41) is 0. The number of rotatable bonds is 37. The van der Waals surface area contributed by atoms with Gasteiger partial charge in [0.15, 0.2) is 0 Å². The summed E-state index contributed by atoms with van der Waals surface area (Å²) in [7, 11) is 0. The normalized spacial score (nSPS) is 11.5. The van der Waals surface area contributed by atoms with E-state index in [1.165, 1.54) is 205 Å². The molecule has 0 radical (unpaired) electrons. The first-order valence-corrected chi connectivity index (χ1v) is 20.3. The van der Waals surface area contributed by atoms with Crippen LogP contribution in [0.5, 0.6) is 0 Å². The third-order valence-corrected chi connectivity index (χ3v) is 9.42. The van der Waals surface area contributed by atoms with Gasteiger partial charge in [-0.05, 0) is 18.8 Å². The fourth-order valence-corrected chi connectivity index (χ4v) is 6.38. The Morgan fingerprint density at radius 2 is 0.674 bits per heavy atom. The first kappa shape index (κ1) is 42.5. The molecule has 0 aromatic heterocycles. The van der Waals surface area contributed by atoms with E-state index in [1.807, 2.05) is 0 Å². The van der Waals surface area contributed by atoms with Crippen molar-refractivity contribution in [3.63, 3.8) is 0 Å². The molecular formula is C41H82O2. The number of esters is 1. The molecule has 0 heterocycles. The molecule has 0 N–H and O–H groups in total. The summed E-state index contributed by atoms with van der Waals surface area (Å²) in [6.07, 6.45) is 47.7. The number of carbonyl (C=O) groups excluding carboxylic acids is 1. The Morgan fingerprint density at radius 3 is 1.00 bits per heavy atom. The smallest absolute Gasteiger partial charge is 0.305 e. The van der Waals surface area contributed by atoms with Crippen molar-refractivity contribution < 1.29 is 9.53 Å². The van der Waals surface area contributed by atoms with E-state index in [2.05, 4.69) is 20.8 Å². The summed E-state index contributed by atoms with van der Waals surface area (Å²) in [5.41, 5.74) is 0. The average molecular weight is 607 g/mol. The van der Waals surface area contributed by atoms with Crippen LogP contribution in [-0.4, -0.2) is 12.6 Å². The van der Waals surface area contributed by atoms with Gasteiger partial charge in [-0.1, -0.05) is 226 Å². The lowest BCUT2D eigenvalue weighted by atomic mass is 10.0. The zero-order valence-corrected chi connectivity index (χ0v) is 30.3. The maximum Gasteiger partial charge on any atom is 0.305 e. The lowest BCUT2D eigenvalue weighted by Crippen LogP contribution is -2.05. The predicted molar refractivity (Wildman–Crippen MR) is 193 cm³/mol. The van der Waals surface area contributed by atoms with E-state index in [0.29, 0.717) is 13.0 Å². The molecule has 0 amide bonds. The second-order valence-electron chi connectivity index (χ2n) is 14.5. The van der Waals surface area contributed by atoms with Crippen LogP contribution in [0.1, 0.15) is 245 Å². The molecule has 0 unspecified atom stereocenters. The SMILES string of the molecule is CCCCCCCCCCCC(=O)OCCCCCCCCCCCCCCCCCCCCCCCCCCC(C)C. The fraction of sp³-hybridized carbons (Fsp3) is 0.976. The quantitative estimate of drug-likeness (QED) is 0.0519. The third-order valence-electron chi connectivity index (χ3n) is 9.42. The second kappa shape index (κ2) is 37.7. The van der Waals surface area contributed by atoms with Gasteiger partial charge in [-0.3, -0.25) is 4.79 Å². The minimum absolute atomic E-state index is 0.0253. The summed E-state index contributed by atoms with van der Waals surface area (Å²) in [6.45, 7) is 7.59.